The number of carboxylic acids is 2. The summed E-state index contributed by atoms with van der Waals surface area (Å²) < 4.78 is 0. The van der Waals surface area contributed by atoms with Gasteiger partial charge in [0.25, 0.3) is 0 Å². The molecule has 1 fully saturated rings. The highest BCUT2D eigenvalue weighted by molar-refractivity contribution is 5.98. The first kappa shape index (κ1) is 24.4. The van der Waals surface area contributed by atoms with Crippen molar-refractivity contribution in [3.8, 4) is 0 Å². The van der Waals surface area contributed by atoms with Gasteiger partial charge in [-0.1, -0.05) is 76.1 Å². The van der Waals surface area contributed by atoms with Gasteiger partial charge in [0.2, 0.25) is 0 Å². The third-order valence-corrected chi connectivity index (χ3v) is 6.70. The number of aryl methyl sites for hydroxylation is 1. The zero-order valence-electron chi connectivity index (χ0n) is 18.7. The molecule has 1 unspecified atom stereocenters. The molecule has 5 heteroatoms. The van der Waals surface area contributed by atoms with Gasteiger partial charge in [-0.05, 0) is 50.3 Å². The fourth-order valence-electron chi connectivity index (χ4n) is 4.57. The third-order valence-electron chi connectivity index (χ3n) is 6.70. The van der Waals surface area contributed by atoms with Crippen LogP contribution in [0.4, 0.5) is 0 Å². The van der Waals surface area contributed by atoms with E-state index in [1.54, 1.807) is 0 Å². The summed E-state index contributed by atoms with van der Waals surface area (Å²) in [5.41, 5.74) is 0.919. The Morgan fingerprint density at radius 2 is 1.47 bits per heavy atom. The van der Waals surface area contributed by atoms with Crippen molar-refractivity contribution in [3.05, 3.63) is 35.4 Å². The van der Waals surface area contributed by atoms with Crippen molar-refractivity contribution >= 4 is 11.9 Å². The van der Waals surface area contributed by atoms with Crippen molar-refractivity contribution in [3.63, 3.8) is 0 Å². The van der Waals surface area contributed by atoms with Crippen LogP contribution in [0.15, 0.2) is 24.3 Å². The number of hydrogen-bond acceptors (Lipinski definition) is 3. The van der Waals surface area contributed by atoms with Gasteiger partial charge >= 0.3 is 11.9 Å². The fraction of sp³-hybridized carbons (Fsp3) is 0.680. The maximum absolute atomic E-state index is 11.5. The molecular weight excluding hydrogens is 378 g/mol. The number of hydrogen-bond donors (Lipinski definition) is 2. The number of unbranched alkanes of at least 4 members (excludes halogenated alkanes) is 7. The van der Waals surface area contributed by atoms with Gasteiger partial charge in [0, 0.05) is 12.6 Å². The van der Waals surface area contributed by atoms with Crippen molar-refractivity contribution in [1.29, 1.82) is 0 Å². The molecule has 0 bridgehead atoms. The average molecular weight is 418 g/mol. The number of aliphatic carboxylic acids is 2. The molecule has 0 heterocycles. The molecule has 0 aliphatic heterocycles. The molecule has 1 aliphatic rings. The van der Waals surface area contributed by atoms with Gasteiger partial charge < -0.3 is 10.2 Å². The molecular formula is C25H39NO4. The summed E-state index contributed by atoms with van der Waals surface area (Å²) in [4.78, 5) is 25.1. The summed E-state index contributed by atoms with van der Waals surface area (Å²) in [7, 11) is 1.96. The monoisotopic (exact) mass is 417 g/mol. The molecule has 0 saturated heterocycles. The Morgan fingerprint density at radius 1 is 0.933 bits per heavy atom. The molecule has 30 heavy (non-hydrogen) atoms. The van der Waals surface area contributed by atoms with E-state index in [0.717, 1.165) is 6.42 Å². The van der Waals surface area contributed by atoms with Crippen LogP contribution in [0.25, 0.3) is 0 Å². The lowest BCUT2D eigenvalue weighted by Gasteiger charge is -2.26. The first-order valence-electron chi connectivity index (χ1n) is 11.6. The van der Waals surface area contributed by atoms with Gasteiger partial charge in [-0.25, -0.2) is 0 Å². The second kappa shape index (κ2) is 12.1. The molecule has 2 N–H and O–H groups in total. The Bertz CT molecular complexity index is 656. The Kier molecular flexibility index (Phi) is 9.83. The van der Waals surface area contributed by atoms with E-state index in [1.165, 1.54) is 62.5 Å². The van der Waals surface area contributed by atoms with E-state index >= 15 is 0 Å². The molecule has 2 rings (SSSR count). The summed E-state index contributed by atoms with van der Waals surface area (Å²) in [6.07, 6.45) is 12.7. The summed E-state index contributed by atoms with van der Waals surface area (Å²) in [6.45, 7) is 2.96. The van der Waals surface area contributed by atoms with Crippen LogP contribution in [0.1, 0.15) is 88.7 Å². The van der Waals surface area contributed by atoms with Crippen LogP contribution >= 0.6 is 0 Å². The highest BCUT2D eigenvalue weighted by atomic mass is 16.4. The highest BCUT2D eigenvalue weighted by Crippen LogP contribution is 2.41. The zero-order valence-corrected chi connectivity index (χ0v) is 18.7. The predicted octanol–water partition coefficient (Wildman–Crippen LogP) is 5.51. The van der Waals surface area contributed by atoms with Crippen LogP contribution < -0.4 is 0 Å². The third kappa shape index (κ3) is 6.83. The van der Waals surface area contributed by atoms with Crippen LogP contribution in [0.2, 0.25) is 0 Å². The largest absolute Gasteiger partial charge is 0.480 e. The minimum Gasteiger partial charge on any atom is -0.480 e. The lowest BCUT2D eigenvalue weighted by Crippen LogP contribution is -2.39. The van der Waals surface area contributed by atoms with Gasteiger partial charge in [0.1, 0.15) is 0 Å². The Hall–Kier alpha value is -1.88. The fourth-order valence-corrected chi connectivity index (χ4v) is 4.57. The summed E-state index contributed by atoms with van der Waals surface area (Å²) >= 11 is 0. The maximum atomic E-state index is 11.5. The van der Waals surface area contributed by atoms with Crippen molar-refractivity contribution < 1.29 is 19.8 Å². The number of nitrogens with zero attached hydrogens (tertiary/aromatic N) is 1. The Labute approximate surface area is 181 Å². The molecule has 1 atom stereocenters. The standard InChI is InChI=1S/C25H39NO4/c1-3-4-5-6-7-8-9-10-11-20-12-14-21(15-13-20)19-26(2)22-16-17-25(18-22,23(27)28)24(29)30/h12-15,22H,3-11,16-19H2,1-2H3,(H,27,28)(H,29,30). The number of carbonyl (C=O) groups is 2. The van der Waals surface area contributed by atoms with Gasteiger partial charge in [-0.2, -0.15) is 0 Å². The van der Waals surface area contributed by atoms with Gasteiger partial charge in [0.05, 0.1) is 0 Å². The van der Waals surface area contributed by atoms with E-state index in [9.17, 15) is 19.8 Å². The lowest BCUT2D eigenvalue weighted by molar-refractivity contribution is -0.164. The first-order chi connectivity index (χ1) is 14.4. The lowest BCUT2D eigenvalue weighted by atomic mass is 9.86. The smallest absolute Gasteiger partial charge is 0.321 e. The molecule has 168 valence electrons. The van der Waals surface area contributed by atoms with E-state index in [0.29, 0.717) is 13.0 Å². The van der Waals surface area contributed by atoms with Crippen molar-refractivity contribution in [2.45, 2.75) is 96.6 Å². The minimum atomic E-state index is -1.63. The van der Waals surface area contributed by atoms with Crippen molar-refractivity contribution in [2.75, 3.05) is 7.05 Å². The predicted molar refractivity (Wildman–Crippen MR) is 120 cm³/mol. The van der Waals surface area contributed by atoms with Crippen LogP contribution in [-0.4, -0.2) is 40.1 Å². The van der Waals surface area contributed by atoms with Gasteiger partial charge in [-0.3, -0.25) is 14.5 Å². The normalized spacial score (nSPS) is 18.0. The SMILES string of the molecule is CCCCCCCCCCc1ccc(CN(C)C2CCC(C(=O)O)(C(=O)O)C2)cc1. The van der Waals surface area contributed by atoms with Gasteiger partial charge in [-0.15, -0.1) is 0 Å². The van der Waals surface area contributed by atoms with E-state index in [2.05, 4.69) is 36.1 Å². The van der Waals surface area contributed by atoms with E-state index in [1.807, 2.05) is 7.05 Å². The number of benzene rings is 1. The van der Waals surface area contributed by atoms with Crippen molar-refractivity contribution in [1.82, 2.24) is 4.90 Å². The highest BCUT2D eigenvalue weighted by Gasteiger charge is 2.52. The quantitative estimate of drug-likeness (QED) is 0.308. The molecule has 0 radical (unpaired) electrons. The number of carboxylic acid groups (broad SMARTS) is 2. The van der Waals surface area contributed by atoms with Crippen molar-refractivity contribution in [2.24, 2.45) is 5.41 Å². The van der Waals surface area contributed by atoms with Gasteiger partial charge in [0.15, 0.2) is 5.41 Å². The minimum absolute atomic E-state index is 0.0193. The van der Waals surface area contributed by atoms with E-state index in [-0.39, 0.29) is 18.9 Å². The summed E-state index contributed by atoms with van der Waals surface area (Å²) in [5.74, 6) is -2.42. The van der Waals surface area contributed by atoms with E-state index < -0.39 is 17.4 Å². The maximum Gasteiger partial charge on any atom is 0.321 e. The molecule has 1 saturated carbocycles. The topological polar surface area (TPSA) is 77.8 Å². The molecule has 1 aromatic carbocycles. The van der Waals surface area contributed by atoms with Crippen LogP contribution in [0, 0.1) is 5.41 Å². The second-order valence-corrected chi connectivity index (χ2v) is 9.05. The second-order valence-electron chi connectivity index (χ2n) is 9.05. The average Bonchev–Trinajstić information content (AvgIpc) is 3.18. The van der Waals surface area contributed by atoms with Crippen LogP contribution in [0.5, 0.6) is 0 Å². The summed E-state index contributed by atoms with van der Waals surface area (Å²) in [6, 6.07) is 8.66. The van der Waals surface area contributed by atoms with Crippen LogP contribution in [-0.2, 0) is 22.6 Å². The van der Waals surface area contributed by atoms with E-state index in [4.69, 9.17) is 0 Å². The van der Waals surface area contributed by atoms with Crippen LogP contribution in [0.3, 0.4) is 0 Å². The zero-order chi connectivity index (χ0) is 22.0. The molecule has 1 aliphatic carbocycles. The Morgan fingerprint density at radius 3 is 2.00 bits per heavy atom. The number of rotatable bonds is 14. The Balaban J connectivity index is 1.73. The molecule has 0 amide bonds. The molecule has 5 nitrogen and oxygen atoms in total. The molecule has 0 aromatic heterocycles. The molecule has 1 aromatic rings. The summed E-state index contributed by atoms with van der Waals surface area (Å²) in [5, 5.41) is 18.8. The molecule has 0 spiro atoms. The first-order valence-corrected chi connectivity index (χ1v) is 11.6.